The summed E-state index contributed by atoms with van der Waals surface area (Å²) in [5.74, 6) is 0.899. The number of benzene rings is 1. The minimum absolute atomic E-state index is 0.0227. The van der Waals surface area contributed by atoms with Gasteiger partial charge < -0.3 is 4.90 Å². The number of carbonyl (C=O) groups excluding carboxylic acids is 1. The standard InChI is InChI=1S/C21H23FN2O/c1-14-11-19-17(20(25)12-14)13-18(22)21(23-19)24-9-7-16(8-10-24)15-5-3-2-4-6-15/h2-6,13-14,16H,7-12H2,1H3. The van der Waals surface area contributed by atoms with Crippen LogP contribution < -0.4 is 4.90 Å². The van der Waals surface area contributed by atoms with E-state index in [9.17, 15) is 9.18 Å². The highest BCUT2D eigenvalue weighted by molar-refractivity contribution is 5.98. The number of Topliss-reactive ketones (excluding diaryl/α,β-unsaturated/α-hetero) is 1. The zero-order chi connectivity index (χ0) is 17.4. The SMILES string of the molecule is CC1CC(=O)c2cc(F)c(N3CCC(c4ccccc4)CC3)nc2C1. The summed E-state index contributed by atoms with van der Waals surface area (Å²) in [5, 5.41) is 0. The lowest BCUT2D eigenvalue weighted by molar-refractivity contribution is 0.0951. The van der Waals surface area contributed by atoms with Crippen LogP contribution in [-0.4, -0.2) is 23.9 Å². The van der Waals surface area contributed by atoms with Gasteiger partial charge in [-0.3, -0.25) is 4.79 Å². The molecule has 130 valence electrons. The minimum Gasteiger partial charge on any atom is -0.354 e. The third-order valence-corrected chi connectivity index (χ3v) is 5.48. The Balaban J connectivity index is 1.53. The summed E-state index contributed by atoms with van der Waals surface area (Å²) in [6.45, 7) is 3.65. The number of pyridine rings is 1. The summed E-state index contributed by atoms with van der Waals surface area (Å²) >= 11 is 0. The van der Waals surface area contributed by atoms with E-state index in [1.54, 1.807) is 0 Å². The van der Waals surface area contributed by atoms with Gasteiger partial charge in [0.05, 0.1) is 5.69 Å². The van der Waals surface area contributed by atoms with Crippen molar-refractivity contribution in [2.45, 2.75) is 38.5 Å². The number of aromatic nitrogens is 1. The molecule has 3 nitrogen and oxygen atoms in total. The van der Waals surface area contributed by atoms with Gasteiger partial charge in [0, 0.05) is 25.1 Å². The first-order valence-corrected chi connectivity index (χ1v) is 9.14. The van der Waals surface area contributed by atoms with Gasteiger partial charge in [-0.05, 0) is 42.7 Å². The van der Waals surface area contributed by atoms with E-state index in [0.29, 0.717) is 23.7 Å². The van der Waals surface area contributed by atoms with Crippen molar-refractivity contribution in [2.75, 3.05) is 18.0 Å². The smallest absolute Gasteiger partial charge is 0.166 e. The van der Waals surface area contributed by atoms with Crippen LogP contribution in [0.25, 0.3) is 0 Å². The number of halogens is 1. The highest BCUT2D eigenvalue weighted by atomic mass is 19.1. The van der Waals surface area contributed by atoms with Crippen molar-refractivity contribution in [2.24, 2.45) is 5.92 Å². The zero-order valence-electron chi connectivity index (χ0n) is 14.5. The Morgan fingerprint density at radius 2 is 1.84 bits per heavy atom. The Hall–Kier alpha value is -2.23. The number of fused-ring (bicyclic) bond motifs is 1. The van der Waals surface area contributed by atoms with Crippen LogP contribution >= 0.6 is 0 Å². The van der Waals surface area contributed by atoms with Crippen LogP contribution in [0.4, 0.5) is 10.2 Å². The molecule has 0 saturated carbocycles. The Labute approximate surface area is 147 Å². The first kappa shape index (κ1) is 16.2. The van der Waals surface area contributed by atoms with Crippen LogP contribution in [0.2, 0.25) is 0 Å². The zero-order valence-corrected chi connectivity index (χ0v) is 14.5. The van der Waals surface area contributed by atoms with E-state index in [0.717, 1.165) is 38.0 Å². The molecule has 2 aromatic rings. The summed E-state index contributed by atoms with van der Waals surface area (Å²) in [6.07, 6.45) is 3.25. The molecule has 0 spiro atoms. The maximum atomic E-state index is 14.6. The number of hydrogen-bond acceptors (Lipinski definition) is 3. The molecule has 1 fully saturated rings. The predicted molar refractivity (Wildman–Crippen MR) is 96.6 cm³/mol. The second-order valence-electron chi connectivity index (χ2n) is 7.40. The third-order valence-electron chi connectivity index (χ3n) is 5.48. The maximum Gasteiger partial charge on any atom is 0.166 e. The third kappa shape index (κ3) is 3.17. The van der Waals surface area contributed by atoms with Crippen LogP contribution in [0.3, 0.4) is 0 Å². The lowest BCUT2D eigenvalue weighted by atomic mass is 9.87. The van der Waals surface area contributed by atoms with E-state index in [1.807, 2.05) is 11.0 Å². The molecule has 4 rings (SSSR count). The Morgan fingerprint density at radius 3 is 2.56 bits per heavy atom. The molecule has 25 heavy (non-hydrogen) atoms. The van der Waals surface area contributed by atoms with Gasteiger partial charge in [0.15, 0.2) is 17.4 Å². The van der Waals surface area contributed by atoms with Gasteiger partial charge in [-0.15, -0.1) is 0 Å². The molecule has 0 bridgehead atoms. The van der Waals surface area contributed by atoms with E-state index >= 15 is 0 Å². The van der Waals surface area contributed by atoms with Crippen molar-refractivity contribution < 1.29 is 9.18 Å². The van der Waals surface area contributed by atoms with E-state index in [-0.39, 0.29) is 17.5 Å². The lowest BCUT2D eigenvalue weighted by Crippen LogP contribution is -2.35. The molecule has 0 N–H and O–H groups in total. The van der Waals surface area contributed by atoms with Gasteiger partial charge in [0.1, 0.15) is 0 Å². The molecule has 2 heterocycles. The first-order chi connectivity index (χ1) is 12.1. The molecule has 1 aliphatic heterocycles. The fraction of sp³-hybridized carbons (Fsp3) is 0.429. The second-order valence-corrected chi connectivity index (χ2v) is 7.40. The molecule has 2 aliphatic rings. The van der Waals surface area contributed by atoms with E-state index in [1.165, 1.54) is 11.6 Å². The number of anilines is 1. The van der Waals surface area contributed by atoms with Gasteiger partial charge in [-0.1, -0.05) is 37.3 Å². The van der Waals surface area contributed by atoms with Gasteiger partial charge in [0.2, 0.25) is 0 Å². The molecule has 1 aromatic heterocycles. The molecule has 1 saturated heterocycles. The van der Waals surface area contributed by atoms with Crippen molar-refractivity contribution in [1.29, 1.82) is 0 Å². The Bertz CT molecular complexity index is 782. The number of carbonyl (C=O) groups is 1. The second kappa shape index (κ2) is 6.58. The fourth-order valence-corrected chi connectivity index (χ4v) is 4.11. The molecule has 0 radical (unpaired) electrons. The molecule has 1 aromatic carbocycles. The van der Waals surface area contributed by atoms with Crippen molar-refractivity contribution in [3.63, 3.8) is 0 Å². The predicted octanol–water partition coefficient (Wildman–Crippen LogP) is 4.37. The van der Waals surface area contributed by atoms with Gasteiger partial charge >= 0.3 is 0 Å². The molecular formula is C21H23FN2O. The summed E-state index contributed by atoms with van der Waals surface area (Å²) in [5.41, 5.74) is 2.62. The van der Waals surface area contributed by atoms with Gasteiger partial charge in [0.25, 0.3) is 0 Å². The molecular weight excluding hydrogens is 315 g/mol. The summed E-state index contributed by atoms with van der Waals surface area (Å²) in [6, 6.07) is 11.9. The molecule has 4 heteroatoms. The monoisotopic (exact) mass is 338 g/mol. The van der Waals surface area contributed by atoms with Crippen LogP contribution in [0.15, 0.2) is 36.4 Å². The van der Waals surface area contributed by atoms with Crippen LogP contribution in [0.1, 0.15) is 53.7 Å². The topological polar surface area (TPSA) is 33.2 Å². The number of nitrogens with zero attached hydrogens (tertiary/aromatic N) is 2. The number of hydrogen-bond donors (Lipinski definition) is 0. The van der Waals surface area contributed by atoms with Crippen LogP contribution in [0.5, 0.6) is 0 Å². The van der Waals surface area contributed by atoms with E-state index in [2.05, 4.69) is 36.2 Å². The largest absolute Gasteiger partial charge is 0.354 e. The molecule has 1 unspecified atom stereocenters. The van der Waals surface area contributed by atoms with Gasteiger partial charge in [-0.2, -0.15) is 0 Å². The van der Waals surface area contributed by atoms with E-state index in [4.69, 9.17) is 0 Å². The quantitative estimate of drug-likeness (QED) is 0.815. The Morgan fingerprint density at radius 1 is 1.12 bits per heavy atom. The lowest BCUT2D eigenvalue weighted by Gasteiger charge is -2.34. The van der Waals surface area contributed by atoms with Crippen LogP contribution in [0, 0.1) is 11.7 Å². The maximum absolute atomic E-state index is 14.6. The summed E-state index contributed by atoms with van der Waals surface area (Å²) < 4.78 is 14.6. The minimum atomic E-state index is -0.361. The van der Waals surface area contributed by atoms with E-state index < -0.39 is 0 Å². The number of rotatable bonds is 2. The van der Waals surface area contributed by atoms with Gasteiger partial charge in [-0.25, -0.2) is 9.37 Å². The molecule has 1 aliphatic carbocycles. The first-order valence-electron chi connectivity index (χ1n) is 9.14. The highest BCUT2D eigenvalue weighted by Gasteiger charge is 2.28. The average Bonchev–Trinajstić information content (AvgIpc) is 2.63. The van der Waals surface area contributed by atoms with Crippen LogP contribution in [-0.2, 0) is 6.42 Å². The molecule has 0 amide bonds. The Kier molecular flexibility index (Phi) is 4.28. The highest BCUT2D eigenvalue weighted by Crippen LogP contribution is 2.33. The van der Waals surface area contributed by atoms with Crippen molar-refractivity contribution >= 4 is 11.6 Å². The number of piperidine rings is 1. The summed E-state index contributed by atoms with van der Waals surface area (Å²) in [4.78, 5) is 18.7. The fourth-order valence-electron chi connectivity index (χ4n) is 4.11. The summed E-state index contributed by atoms with van der Waals surface area (Å²) in [7, 11) is 0. The van der Waals surface area contributed by atoms with Crippen molar-refractivity contribution in [3.05, 3.63) is 59.0 Å². The van der Waals surface area contributed by atoms with Crippen molar-refractivity contribution in [3.8, 4) is 0 Å². The number of ketones is 1. The average molecular weight is 338 g/mol. The molecule has 1 atom stereocenters. The van der Waals surface area contributed by atoms with Crippen molar-refractivity contribution in [1.82, 2.24) is 4.98 Å². The normalized spacial score (nSPS) is 21.3.